The van der Waals surface area contributed by atoms with Gasteiger partial charge in [-0.3, -0.25) is 0 Å². The SMILES string of the molecule is CSc1c(C#Cc2ccc3ccccc3c2SC)ccc2ccccc12. The Labute approximate surface area is 163 Å². The molecule has 26 heavy (non-hydrogen) atoms. The zero-order valence-electron chi connectivity index (χ0n) is 14.7. The topological polar surface area (TPSA) is 0 Å². The van der Waals surface area contributed by atoms with Crippen molar-refractivity contribution in [2.45, 2.75) is 9.79 Å². The molecule has 0 amide bonds. The van der Waals surface area contributed by atoms with E-state index in [0.29, 0.717) is 0 Å². The fraction of sp³-hybridized carbons (Fsp3) is 0.0833. The molecule has 4 aromatic rings. The highest BCUT2D eigenvalue weighted by Gasteiger charge is 2.07. The average Bonchev–Trinajstić information content (AvgIpc) is 2.71. The van der Waals surface area contributed by atoms with Crippen LogP contribution < -0.4 is 0 Å². The maximum atomic E-state index is 3.43. The van der Waals surface area contributed by atoms with Crippen LogP contribution in [-0.2, 0) is 0 Å². The van der Waals surface area contributed by atoms with Crippen molar-refractivity contribution in [3.8, 4) is 11.8 Å². The van der Waals surface area contributed by atoms with E-state index < -0.39 is 0 Å². The van der Waals surface area contributed by atoms with Gasteiger partial charge in [-0.1, -0.05) is 72.5 Å². The summed E-state index contributed by atoms with van der Waals surface area (Å²) in [7, 11) is 0. The van der Waals surface area contributed by atoms with Gasteiger partial charge >= 0.3 is 0 Å². The van der Waals surface area contributed by atoms with E-state index >= 15 is 0 Å². The van der Waals surface area contributed by atoms with Crippen molar-refractivity contribution < 1.29 is 0 Å². The molecule has 2 heteroatoms. The minimum atomic E-state index is 1.09. The predicted molar refractivity (Wildman–Crippen MR) is 117 cm³/mol. The van der Waals surface area contributed by atoms with E-state index in [9.17, 15) is 0 Å². The quantitative estimate of drug-likeness (QED) is 0.280. The van der Waals surface area contributed by atoms with Crippen LogP contribution in [0.2, 0.25) is 0 Å². The lowest BCUT2D eigenvalue weighted by molar-refractivity contribution is 1.47. The van der Waals surface area contributed by atoms with Gasteiger partial charge in [-0.05, 0) is 46.2 Å². The summed E-state index contributed by atoms with van der Waals surface area (Å²) in [5, 5.41) is 5.07. The molecule has 126 valence electrons. The monoisotopic (exact) mass is 370 g/mol. The number of hydrogen-bond acceptors (Lipinski definition) is 2. The highest BCUT2D eigenvalue weighted by molar-refractivity contribution is 7.99. The van der Waals surface area contributed by atoms with Gasteiger partial charge in [-0.25, -0.2) is 0 Å². The second-order valence-corrected chi connectivity index (χ2v) is 7.62. The molecule has 0 unspecified atom stereocenters. The van der Waals surface area contributed by atoms with Crippen LogP contribution in [0.4, 0.5) is 0 Å². The van der Waals surface area contributed by atoms with Crippen LogP contribution in [0.25, 0.3) is 21.5 Å². The molecule has 0 saturated heterocycles. The Hall–Kier alpha value is -2.34. The molecule has 0 nitrogen and oxygen atoms in total. The Morgan fingerprint density at radius 2 is 0.962 bits per heavy atom. The minimum absolute atomic E-state index is 1.09. The molecule has 0 fully saturated rings. The lowest BCUT2D eigenvalue weighted by Gasteiger charge is -2.08. The maximum absolute atomic E-state index is 3.43. The fourth-order valence-electron chi connectivity index (χ4n) is 3.26. The lowest BCUT2D eigenvalue weighted by Crippen LogP contribution is -1.86. The first-order valence-corrected chi connectivity index (χ1v) is 10.9. The molecule has 0 heterocycles. The zero-order chi connectivity index (χ0) is 17.9. The molecular formula is C24H18S2. The number of rotatable bonds is 2. The molecule has 0 aliphatic rings. The lowest BCUT2D eigenvalue weighted by atomic mass is 10.1. The number of fused-ring (bicyclic) bond motifs is 2. The van der Waals surface area contributed by atoms with Gasteiger partial charge in [0.2, 0.25) is 0 Å². The normalized spacial score (nSPS) is 10.7. The van der Waals surface area contributed by atoms with Crippen molar-refractivity contribution in [1.29, 1.82) is 0 Å². The van der Waals surface area contributed by atoms with Gasteiger partial charge in [0.15, 0.2) is 0 Å². The molecule has 0 radical (unpaired) electrons. The van der Waals surface area contributed by atoms with Crippen LogP contribution in [0.3, 0.4) is 0 Å². The van der Waals surface area contributed by atoms with E-state index in [4.69, 9.17) is 0 Å². The molecule has 0 saturated carbocycles. The third kappa shape index (κ3) is 3.09. The summed E-state index contributed by atoms with van der Waals surface area (Å²) in [4.78, 5) is 2.50. The van der Waals surface area contributed by atoms with E-state index in [2.05, 4.69) is 97.1 Å². The summed E-state index contributed by atoms with van der Waals surface area (Å²) >= 11 is 3.53. The van der Waals surface area contributed by atoms with Gasteiger partial charge in [0.25, 0.3) is 0 Å². The summed E-state index contributed by atoms with van der Waals surface area (Å²) in [6.07, 6.45) is 4.24. The van der Waals surface area contributed by atoms with Gasteiger partial charge in [-0.2, -0.15) is 0 Å². The average molecular weight is 371 g/mol. The van der Waals surface area contributed by atoms with Gasteiger partial charge in [0.05, 0.1) is 0 Å². The van der Waals surface area contributed by atoms with Crippen LogP contribution in [0, 0.1) is 11.8 Å². The Kier molecular flexibility index (Phi) is 4.93. The molecule has 0 spiro atoms. The second-order valence-electron chi connectivity index (χ2n) is 5.99. The molecule has 0 aliphatic carbocycles. The van der Waals surface area contributed by atoms with Gasteiger partial charge in [-0.15, -0.1) is 23.5 Å². The third-order valence-corrected chi connectivity index (χ3v) is 6.20. The predicted octanol–water partition coefficient (Wildman–Crippen LogP) is 6.84. The molecule has 0 atom stereocenters. The first kappa shape index (κ1) is 17.1. The van der Waals surface area contributed by atoms with Gasteiger partial charge in [0.1, 0.15) is 0 Å². The largest absolute Gasteiger partial charge is 0.128 e. The number of thioether (sulfide) groups is 2. The van der Waals surface area contributed by atoms with Crippen LogP contribution in [0.1, 0.15) is 11.1 Å². The third-order valence-electron chi connectivity index (χ3n) is 4.50. The highest BCUT2D eigenvalue weighted by Crippen LogP contribution is 2.31. The van der Waals surface area contributed by atoms with Gasteiger partial charge < -0.3 is 0 Å². The Morgan fingerprint density at radius 1 is 0.538 bits per heavy atom. The molecule has 0 bridgehead atoms. The Balaban J connectivity index is 1.86. The smallest absolute Gasteiger partial charge is 0.0391 e. The van der Waals surface area contributed by atoms with Crippen molar-refractivity contribution in [1.82, 2.24) is 0 Å². The first-order chi connectivity index (χ1) is 12.8. The zero-order valence-corrected chi connectivity index (χ0v) is 16.4. The number of benzene rings is 4. The molecule has 0 aromatic heterocycles. The number of hydrogen-bond donors (Lipinski definition) is 0. The molecule has 0 N–H and O–H groups in total. The standard InChI is InChI=1S/C24H18S2/c1-25-23-19(13-11-17-7-3-5-9-21(17)23)15-16-20-14-12-18-8-4-6-10-22(18)24(20)26-2/h3-14H,1-2H3. The first-order valence-electron chi connectivity index (χ1n) is 8.45. The van der Waals surface area contributed by atoms with Crippen molar-refractivity contribution in [2.24, 2.45) is 0 Å². The summed E-state index contributed by atoms with van der Waals surface area (Å²) < 4.78 is 0. The van der Waals surface area contributed by atoms with E-state index in [1.54, 1.807) is 23.5 Å². The van der Waals surface area contributed by atoms with E-state index in [0.717, 1.165) is 11.1 Å². The summed E-state index contributed by atoms with van der Waals surface area (Å²) in [6, 6.07) is 25.6. The van der Waals surface area contributed by atoms with Crippen molar-refractivity contribution in [2.75, 3.05) is 12.5 Å². The molecule has 4 rings (SSSR count). The second kappa shape index (κ2) is 7.50. The summed E-state index contributed by atoms with van der Waals surface area (Å²) in [5.41, 5.74) is 2.19. The fourth-order valence-corrected chi connectivity index (χ4v) is 4.75. The minimum Gasteiger partial charge on any atom is -0.128 e. The van der Waals surface area contributed by atoms with Crippen LogP contribution in [-0.4, -0.2) is 12.5 Å². The Bertz CT molecular complexity index is 1070. The van der Waals surface area contributed by atoms with Crippen molar-refractivity contribution in [3.05, 3.63) is 83.9 Å². The van der Waals surface area contributed by atoms with E-state index in [1.807, 2.05) is 0 Å². The maximum Gasteiger partial charge on any atom is 0.0391 e. The van der Waals surface area contributed by atoms with Gasteiger partial charge in [0, 0.05) is 20.9 Å². The van der Waals surface area contributed by atoms with Crippen LogP contribution in [0.15, 0.2) is 82.6 Å². The Morgan fingerprint density at radius 3 is 1.38 bits per heavy atom. The molecule has 0 aliphatic heterocycles. The van der Waals surface area contributed by atoms with E-state index in [-0.39, 0.29) is 0 Å². The summed E-state index contributed by atoms with van der Waals surface area (Å²) in [6.45, 7) is 0. The highest BCUT2D eigenvalue weighted by atomic mass is 32.2. The van der Waals surface area contributed by atoms with Crippen LogP contribution in [0.5, 0.6) is 0 Å². The van der Waals surface area contributed by atoms with Crippen LogP contribution >= 0.6 is 23.5 Å². The van der Waals surface area contributed by atoms with Crippen molar-refractivity contribution >= 4 is 45.1 Å². The van der Waals surface area contributed by atoms with E-state index in [1.165, 1.54) is 31.3 Å². The molecular weight excluding hydrogens is 352 g/mol. The summed E-state index contributed by atoms with van der Waals surface area (Å²) in [5.74, 6) is 6.86. The molecule has 4 aromatic carbocycles. The van der Waals surface area contributed by atoms with Crippen molar-refractivity contribution in [3.63, 3.8) is 0 Å².